The van der Waals surface area contributed by atoms with Gasteiger partial charge in [0.2, 0.25) is 0 Å². The Balaban J connectivity index is 1.72. The van der Waals surface area contributed by atoms with Gasteiger partial charge in [-0.25, -0.2) is 9.69 Å². The summed E-state index contributed by atoms with van der Waals surface area (Å²) in [6.45, 7) is 8.23. The number of amides is 4. The van der Waals surface area contributed by atoms with Crippen LogP contribution in [0.3, 0.4) is 0 Å². The first-order chi connectivity index (χ1) is 15.7. The van der Waals surface area contributed by atoms with Gasteiger partial charge < -0.3 is 4.57 Å². The van der Waals surface area contributed by atoms with E-state index in [0.717, 1.165) is 32.0 Å². The minimum Gasteiger partial charge on any atom is -0.318 e. The molecule has 3 aromatic rings. The van der Waals surface area contributed by atoms with E-state index in [1.165, 1.54) is 5.56 Å². The number of nitrogens with one attached hydrogen (secondary N) is 1. The van der Waals surface area contributed by atoms with Crippen molar-refractivity contribution in [1.82, 2.24) is 9.88 Å². The molecule has 0 spiro atoms. The van der Waals surface area contributed by atoms with Crippen molar-refractivity contribution in [3.8, 4) is 5.69 Å². The van der Waals surface area contributed by atoms with Crippen molar-refractivity contribution in [2.45, 2.75) is 33.6 Å². The Kier molecular flexibility index (Phi) is 6.08. The number of hydrogen-bond donors (Lipinski definition) is 1. The Bertz CT molecular complexity index is 1290. The van der Waals surface area contributed by atoms with Gasteiger partial charge in [0.15, 0.2) is 0 Å². The number of carbonyl (C=O) groups excluding carboxylic acids is 3. The molecule has 1 saturated heterocycles. The number of benzene rings is 2. The molecule has 2 aromatic carbocycles. The molecule has 0 atom stereocenters. The van der Waals surface area contributed by atoms with Gasteiger partial charge in [-0.3, -0.25) is 14.9 Å². The third-order valence-electron chi connectivity index (χ3n) is 5.77. The lowest BCUT2D eigenvalue weighted by molar-refractivity contribution is -0.122. The van der Waals surface area contributed by atoms with E-state index >= 15 is 0 Å². The van der Waals surface area contributed by atoms with Crippen LogP contribution in [0.15, 0.2) is 64.6 Å². The third kappa shape index (κ3) is 4.28. The Morgan fingerprint density at radius 1 is 0.909 bits per heavy atom. The summed E-state index contributed by atoms with van der Waals surface area (Å²) in [5.41, 5.74) is 5.16. The summed E-state index contributed by atoms with van der Waals surface area (Å²) in [6, 6.07) is 16.3. The fourth-order valence-corrected chi connectivity index (χ4v) is 4.24. The van der Waals surface area contributed by atoms with E-state index in [1.807, 2.05) is 19.9 Å². The average Bonchev–Trinajstić information content (AvgIpc) is 3.05. The molecule has 2 heterocycles. The average molecular weight is 506 g/mol. The van der Waals surface area contributed by atoms with Crippen molar-refractivity contribution >= 4 is 45.5 Å². The lowest BCUT2D eigenvalue weighted by Gasteiger charge is -2.26. The van der Waals surface area contributed by atoms with Crippen molar-refractivity contribution in [3.05, 3.63) is 87.2 Å². The first-order valence-corrected chi connectivity index (χ1v) is 11.4. The number of carbonyl (C=O) groups is 3. The number of imide groups is 2. The van der Waals surface area contributed by atoms with E-state index in [2.05, 4.69) is 63.9 Å². The smallest absolute Gasteiger partial charge is 0.318 e. The lowest BCUT2D eigenvalue weighted by Crippen LogP contribution is -2.54. The second-order valence-electron chi connectivity index (χ2n) is 8.34. The highest BCUT2D eigenvalue weighted by molar-refractivity contribution is 9.10. The molecular weight excluding hydrogens is 482 g/mol. The van der Waals surface area contributed by atoms with E-state index in [1.54, 1.807) is 30.3 Å². The van der Waals surface area contributed by atoms with Crippen LogP contribution in [0.4, 0.5) is 10.5 Å². The summed E-state index contributed by atoms with van der Waals surface area (Å²) >= 11 is 3.34. The molecule has 4 amide bonds. The number of hydrogen-bond acceptors (Lipinski definition) is 3. The molecule has 33 heavy (non-hydrogen) atoms. The van der Waals surface area contributed by atoms with Crippen molar-refractivity contribution in [2.24, 2.45) is 0 Å². The van der Waals surface area contributed by atoms with Crippen LogP contribution in [0.2, 0.25) is 0 Å². The minimum atomic E-state index is -0.764. The number of aryl methyl sites for hydroxylation is 1. The van der Waals surface area contributed by atoms with Crippen LogP contribution in [0, 0.1) is 13.8 Å². The van der Waals surface area contributed by atoms with Gasteiger partial charge in [0.05, 0.1) is 5.69 Å². The van der Waals surface area contributed by atoms with Crippen molar-refractivity contribution < 1.29 is 14.4 Å². The van der Waals surface area contributed by atoms with Gasteiger partial charge in [-0.2, -0.15) is 0 Å². The number of rotatable bonds is 4. The van der Waals surface area contributed by atoms with Gasteiger partial charge in [0.25, 0.3) is 11.8 Å². The number of nitrogens with zero attached hydrogens (tertiary/aromatic N) is 2. The van der Waals surface area contributed by atoms with Crippen LogP contribution in [-0.4, -0.2) is 22.4 Å². The van der Waals surface area contributed by atoms with Crippen LogP contribution in [0.1, 0.15) is 42.3 Å². The molecule has 1 fully saturated rings. The molecule has 0 bridgehead atoms. The van der Waals surface area contributed by atoms with Gasteiger partial charge in [-0.1, -0.05) is 41.9 Å². The largest absolute Gasteiger partial charge is 0.335 e. The SMILES string of the molecule is Cc1cc(/C=C2\C(=O)NC(=O)N(c3ccc(Br)cc3)C2=O)c(C)n1-c1ccc(C(C)C)cc1. The quantitative estimate of drug-likeness (QED) is 0.368. The number of halogens is 1. The number of barbiturate groups is 1. The summed E-state index contributed by atoms with van der Waals surface area (Å²) in [5.74, 6) is -0.917. The Morgan fingerprint density at radius 2 is 1.52 bits per heavy atom. The van der Waals surface area contributed by atoms with Crippen LogP contribution in [-0.2, 0) is 9.59 Å². The molecule has 168 valence electrons. The summed E-state index contributed by atoms with van der Waals surface area (Å²) in [4.78, 5) is 39.1. The summed E-state index contributed by atoms with van der Waals surface area (Å²) in [6.07, 6.45) is 1.55. The zero-order chi connectivity index (χ0) is 23.9. The van der Waals surface area contributed by atoms with E-state index in [4.69, 9.17) is 0 Å². The summed E-state index contributed by atoms with van der Waals surface area (Å²) in [7, 11) is 0. The molecule has 7 heteroatoms. The normalized spacial score (nSPS) is 15.5. The van der Waals surface area contributed by atoms with Crippen LogP contribution in [0.25, 0.3) is 11.8 Å². The number of anilines is 1. The molecule has 6 nitrogen and oxygen atoms in total. The summed E-state index contributed by atoms with van der Waals surface area (Å²) < 4.78 is 2.90. The maximum absolute atomic E-state index is 13.2. The minimum absolute atomic E-state index is 0.0899. The van der Waals surface area contributed by atoms with Gasteiger partial charge in [0, 0.05) is 21.5 Å². The number of urea groups is 1. The summed E-state index contributed by atoms with van der Waals surface area (Å²) in [5, 5.41) is 2.27. The highest BCUT2D eigenvalue weighted by Crippen LogP contribution is 2.27. The van der Waals surface area contributed by atoms with E-state index in [0.29, 0.717) is 11.6 Å². The highest BCUT2D eigenvalue weighted by Gasteiger charge is 2.37. The Labute approximate surface area is 201 Å². The second kappa shape index (κ2) is 8.83. The predicted octanol–water partition coefficient (Wildman–Crippen LogP) is 5.65. The fourth-order valence-electron chi connectivity index (χ4n) is 3.98. The molecule has 0 aliphatic carbocycles. The van der Waals surface area contributed by atoms with Crippen LogP contribution in [0.5, 0.6) is 0 Å². The molecule has 0 radical (unpaired) electrons. The van der Waals surface area contributed by atoms with E-state index < -0.39 is 17.8 Å². The van der Waals surface area contributed by atoms with Crippen LogP contribution >= 0.6 is 15.9 Å². The van der Waals surface area contributed by atoms with E-state index in [-0.39, 0.29) is 5.57 Å². The predicted molar refractivity (Wildman–Crippen MR) is 132 cm³/mol. The highest BCUT2D eigenvalue weighted by atomic mass is 79.9. The van der Waals surface area contributed by atoms with Crippen molar-refractivity contribution in [1.29, 1.82) is 0 Å². The Hall–Kier alpha value is -3.45. The monoisotopic (exact) mass is 505 g/mol. The van der Waals surface area contributed by atoms with Crippen molar-refractivity contribution in [3.63, 3.8) is 0 Å². The molecule has 1 aliphatic heterocycles. The molecule has 1 aliphatic rings. The zero-order valence-corrected chi connectivity index (χ0v) is 20.4. The van der Waals surface area contributed by atoms with Gasteiger partial charge in [-0.05, 0) is 79.4 Å². The zero-order valence-electron chi connectivity index (χ0n) is 18.8. The molecule has 0 unspecified atom stereocenters. The first-order valence-electron chi connectivity index (χ1n) is 10.6. The third-order valence-corrected chi connectivity index (χ3v) is 6.30. The maximum atomic E-state index is 13.2. The molecule has 0 saturated carbocycles. The standard InChI is InChI=1S/C26H24BrN3O3/c1-15(2)18-5-9-21(10-6-18)29-16(3)13-19(17(29)4)14-23-24(31)28-26(33)30(25(23)32)22-11-7-20(27)8-12-22/h5-15H,1-4H3,(H,28,31,33)/b23-14+. The molecule has 1 N–H and O–H groups in total. The van der Waals surface area contributed by atoms with Crippen LogP contribution < -0.4 is 10.2 Å². The lowest BCUT2D eigenvalue weighted by atomic mass is 10.0. The van der Waals surface area contributed by atoms with Gasteiger partial charge in [0.1, 0.15) is 5.57 Å². The van der Waals surface area contributed by atoms with Gasteiger partial charge in [-0.15, -0.1) is 0 Å². The van der Waals surface area contributed by atoms with Gasteiger partial charge >= 0.3 is 6.03 Å². The molecule has 4 rings (SSSR count). The van der Waals surface area contributed by atoms with Crippen molar-refractivity contribution in [2.75, 3.05) is 4.90 Å². The second-order valence-corrected chi connectivity index (χ2v) is 9.26. The first kappa shape index (κ1) is 22.7. The van der Waals surface area contributed by atoms with E-state index in [9.17, 15) is 14.4 Å². The molecule has 1 aromatic heterocycles. The fraction of sp³-hybridized carbons (Fsp3) is 0.192. The molecular formula is C26H24BrN3O3. The Morgan fingerprint density at radius 3 is 2.12 bits per heavy atom. The topological polar surface area (TPSA) is 71.4 Å². The maximum Gasteiger partial charge on any atom is 0.335 e. The number of aromatic nitrogens is 1.